The van der Waals surface area contributed by atoms with Crippen LogP contribution in [0.15, 0.2) is 55.2 Å². The lowest BCUT2D eigenvalue weighted by Gasteiger charge is -2.25. The molecular weight excluding hydrogens is 530 g/mol. The van der Waals surface area contributed by atoms with E-state index in [0.29, 0.717) is 22.3 Å². The molecule has 0 saturated heterocycles. The molecule has 0 amide bonds. The minimum Gasteiger partial charge on any atom is -0.475 e. The van der Waals surface area contributed by atoms with E-state index in [1.165, 1.54) is 12.4 Å². The maximum Gasteiger partial charge on any atom is 0.224 e. The zero-order chi connectivity index (χ0) is 26.9. The molecule has 11 nitrogen and oxygen atoms in total. The average molecular weight is 556 g/mol. The van der Waals surface area contributed by atoms with Gasteiger partial charge in [-0.05, 0) is 44.5 Å². The van der Waals surface area contributed by atoms with Crippen molar-refractivity contribution in [2.24, 2.45) is 0 Å². The molecule has 0 unspecified atom stereocenters. The van der Waals surface area contributed by atoms with Gasteiger partial charge in [0.25, 0.3) is 0 Å². The van der Waals surface area contributed by atoms with Gasteiger partial charge in [-0.3, -0.25) is 9.55 Å². The fourth-order valence-corrected chi connectivity index (χ4v) is 5.78. The van der Waals surface area contributed by atoms with Gasteiger partial charge in [-0.25, -0.2) is 23.4 Å². The molecule has 3 atom stereocenters. The highest BCUT2D eigenvalue weighted by Crippen LogP contribution is 2.36. The Balaban J connectivity index is 1.55. The summed E-state index contributed by atoms with van der Waals surface area (Å²) in [5, 5.41) is 8.05. The molecule has 4 aromatic heterocycles. The van der Waals surface area contributed by atoms with Gasteiger partial charge in [0.2, 0.25) is 5.88 Å². The number of fused-ring (bicyclic) bond motifs is 3. The Morgan fingerprint density at radius 2 is 1.84 bits per heavy atom. The summed E-state index contributed by atoms with van der Waals surface area (Å²) in [5.41, 5.74) is 1.45. The summed E-state index contributed by atoms with van der Waals surface area (Å²) in [6.45, 7) is 5.43. The van der Waals surface area contributed by atoms with Crippen LogP contribution < -0.4 is 4.74 Å². The third-order valence-corrected chi connectivity index (χ3v) is 8.41. The van der Waals surface area contributed by atoms with Gasteiger partial charge in [-0.15, -0.1) is 10.2 Å². The van der Waals surface area contributed by atoms with Crippen LogP contribution in [0.5, 0.6) is 5.88 Å². The second-order valence-electron chi connectivity index (χ2n) is 9.16. The third-order valence-electron chi connectivity index (χ3n) is 6.17. The van der Waals surface area contributed by atoms with Crippen molar-refractivity contribution in [1.29, 1.82) is 0 Å². The van der Waals surface area contributed by atoms with E-state index in [2.05, 4.69) is 30.1 Å². The molecule has 0 fully saturated rings. The second-order valence-corrected chi connectivity index (χ2v) is 12.0. The zero-order valence-corrected chi connectivity index (χ0v) is 22.5. The predicted molar refractivity (Wildman–Crippen MR) is 139 cm³/mol. The summed E-state index contributed by atoms with van der Waals surface area (Å²) >= 11 is 5.95. The lowest BCUT2D eigenvalue weighted by atomic mass is 10.1. The quantitative estimate of drug-likeness (QED) is 0.317. The van der Waals surface area contributed by atoms with Gasteiger partial charge in [-0.2, -0.15) is 0 Å². The highest BCUT2D eigenvalue weighted by Gasteiger charge is 2.37. The molecule has 5 rings (SSSR count). The summed E-state index contributed by atoms with van der Waals surface area (Å²) in [4.78, 5) is 17.0. The molecule has 0 spiro atoms. The first kappa shape index (κ1) is 26.1. The molecule has 38 heavy (non-hydrogen) atoms. The van der Waals surface area contributed by atoms with Crippen LogP contribution in [-0.4, -0.2) is 61.1 Å². The minimum absolute atomic E-state index is 0.195. The largest absolute Gasteiger partial charge is 0.475 e. The molecule has 0 N–H and O–H groups in total. The monoisotopic (exact) mass is 555 g/mol. The molecule has 0 aliphatic carbocycles. The number of sulfone groups is 1. The summed E-state index contributed by atoms with van der Waals surface area (Å²) in [7, 11) is -3.85. The van der Waals surface area contributed by atoms with Crippen molar-refractivity contribution in [2.75, 3.05) is 6.61 Å². The third kappa shape index (κ3) is 5.24. The van der Waals surface area contributed by atoms with Crippen LogP contribution in [0.2, 0.25) is 5.02 Å². The second kappa shape index (κ2) is 10.7. The Labute approximate surface area is 225 Å². The smallest absolute Gasteiger partial charge is 0.224 e. The van der Waals surface area contributed by atoms with Gasteiger partial charge in [-0.1, -0.05) is 17.7 Å². The van der Waals surface area contributed by atoms with Gasteiger partial charge in [0.1, 0.15) is 24.3 Å². The molecule has 0 bridgehead atoms. The zero-order valence-electron chi connectivity index (χ0n) is 21.0. The van der Waals surface area contributed by atoms with E-state index in [9.17, 15) is 8.42 Å². The first-order valence-electron chi connectivity index (χ1n) is 12.0. The molecule has 198 valence electrons. The molecule has 4 aromatic rings. The summed E-state index contributed by atoms with van der Waals surface area (Å²) in [6.07, 6.45) is 6.68. The lowest BCUT2D eigenvalue weighted by Crippen LogP contribution is -2.32. The lowest BCUT2D eigenvalue weighted by molar-refractivity contribution is 0.00142. The van der Waals surface area contributed by atoms with Crippen LogP contribution in [0.1, 0.15) is 50.1 Å². The van der Waals surface area contributed by atoms with Crippen molar-refractivity contribution >= 4 is 21.4 Å². The standard InChI is InChI=1S/C25H26ClN7O4S/c1-15(2)37-22(23-29-11-18(26)12-30-23)16(3)38(34,35)14-21-31-32-24-19-7-5-9-28-25(19)36-13-20(33(21)24)17-6-4-8-27-10-17/h4-12,15-16,20,22H,13-14H2,1-3H3/t16-,20-,22+/m0/s1. The van der Waals surface area contributed by atoms with Crippen molar-refractivity contribution in [1.82, 2.24) is 34.7 Å². The van der Waals surface area contributed by atoms with Gasteiger partial charge in [0.05, 0.1) is 28.0 Å². The first-order valence-corrected chi connectivity index (χ1v) is 14.1. The molecule has 1 aliphatic heterocycles. The Kier molecular flexibility index (Phi) is 7.37. The summed E-state index contributed by atoms with van der Waals surface area (Å²) in [6, 6.07) is 6.88. The summed E-state index contributed by atoms with van der Waals surface area (Å²) < 4.78 is 41.4. The highest BCUT2D eigenvalue weighted by atomic mass is 35.5. The number of halogens is 1. The number of aromatic nitrogens is 7. The number of ether oxygens (including phenoxy) is 2. The number of hydrogen-bond acceptors (Lipinski definition) is 10. The fourth-order valence-electron chi connectivity index (χ4n) is 4.30. The van der Waals surface area contributed by atoms with E-state index in [4.69, 9.17) is 21.1 Å². The number of pyridine rings is 2. The van der Waals surface area contributed by atoms with Crippen molar-refractivity contribution in [3.05, 3.63) is 77.5 Å². The van der Waals surface area contributed by atoms with Crippen LogP contribution in [0.4, 0.5) is 0 Å². The molecule has 5 heterocycles. The molecule has 0 radical (unpaired) electrons. The number of rotatable bonds is 8. The van der Waals surface area contributed by atoms with Crippen LogP contribution >= 0.6 is 11.6 Å². The fraction of sp³-hybridized carbons (Fsp3) is 0.360. The van der Waals surface area contributed by atoms with Crippen molar-refractivity contribution in [2.45, 2.75) is 50.0 Å². The maximum atomic E-state index is 13.8. The molecular formula is C25H26ClN7O4S. The predicted octanol–water partition coefficient (Wildman–Crippen LogP) is 3.63. The van der Waals surface area contributed by atoms with E-state index in [1.807, 2.05) is 32.0 Å². The van der Waals surface area contributed by atoms with Crippen LogP contribution in [0, 0.1) is 0 Å². The van der Waals surface area contributed by atoms with E-state index >= 15 is 0 Å². The Hall–Kier alpha value is -3.48. The summed E-state index contributed by atoms with van der Waals surface area (Å²) in [5.74, 6) is 0.982. The van der Waals surface area contributed by atoms with E-state index < -0.39 is 27.2 Å². The van der Waals surface area contributed by atoms with Crippen LogP contribution in [0.3, 0.4) is 0 Å². The van der Waals surface area contributed by atoms with Crippen LogP contribution in [0.25, 0.3) is 11.4 Å². The minimum atomic E-state index is -3.85. The van der Waals surface area contributed by atoms with E-state index in [-0.39, 0.29) is 30.1 Å². The van der Waals surface area contributed by atoms with Gasteiger partial charge in [0.15, 0.2) is 21.5 Å². The van der Waals surface area contributed by atoms with Gasteiger partial charge >= 0.3 is 0 Å². The maximum absolute atomic E-state index is 13.8. The average Bonchev–Trinajstić information content (AvgIpc) is 3.22. The number of hydrogen-bond donors (Lipinski definition) is 0. The van der Waals surface area contributed by atoms with Crippen molar-refractivity contribution < 1.29 is 17.9 Å². The highest BCUT2D eigenvalue weighted by molar-refractivity contribution is 7.91. The molecule has 13 heteroatoms. The molecule has 0 saturated carbocycles. The van der Waals surface area contributed by atoms with E-state index in [0.717, 1.165) is 5.56 Å². The number of nitrogens with zero attached hydrogens (tertiary/aromatic N) is 7. The SMILES string of the molecule is CC(C)O[C@@H](c1ncc(Cl)cn1)[C@H](C)S(=O)(=O)Cc1nnc2n1[C@H](c1cccnc1)COc1ncccc1-2. The normalized spacial score (nSPS) is 16.7. The van der Waals surface area contributed by atoms with Crippen molar-refractivity contribution in [3.8, 4) is 17.3 Å². The van der Waals surface area contributed by atoms with Gasteiger partial charge < -0.3 is 9.47 Å². The van der Waals surface area contributed by atoms with Gasteiger partial charge in [0, 0.05) is 31.0 Å². The first-order chi connectivity index (χ1) is 18.2. The Bertz CT molecular complexity index is 1510. The Morgan fingerprint density at radius 3 is 2.55 bits per heavy atom. The molecule has 0 aromatic carbocycles. The van der Waals surface area contributed by atoms with Crippen molar-refractivity contribution in [3.63, 3.8) is 0 Å². The van der Waals surface area contributed by atoms with E-state index in [1.54, 1.807) is 36.1 Å². The topological polar surface area (TPSA) is 135 Å². The Morgan fingerprint density at radius 1 is 1.08 bits per heavy atom. The van der Waals surface area contributed by atoms with Crippen LogP contribution in [-0.2, 0) is 20.3 Å². The molecule has 1 aliphatic rings.